The molecule has 28 heavy (non-hydrogen) atoms. The number of ether oxygens (including phenoxy) is 2. The van der Waals surface area contributed by atoms with Crippen molar-refractivity contribution in [3.63, 3.8) is 0 Å². The molecule has 2 amide bonds. The summed E-state index contributed by atoms with van der Waals surface area (Å²) in [6.07, 6.45) is -0.519. The quantitative estimate of drug-likeness (QED) is 0.779. The molecule has 0 unspecified atom stereocenters. The zero-order valence-electron chi connectivity index (χ0n) is 17.6. The Kier molecular flexibility index (Phi) is 7.83. The van der Waals surface area contributed by atoms with E-state index in [4.69, 9.17) is 9.47 Å². The van der Waals surface area contributed by atoms with Crippen LogP contribution in [-0.4, -0.2) is 61.4 Å². The summed E-state index contributed by atoms with van der Waals surface area (Å²) in [5, 5.41) is 5.58. The highest BCUT2D eigenvalue weighted by molar-refractivity contribution is 5.95. The number of benzene rings is 1. The average molecular weight is 392 g/mol. The van der Waals surface area contributed by atoms with E-state index < -0.39 is 11.7 Å². The summed E-state index contributed by atoms with van der Waals surface area (Å²) in [5.41, 5.74) is 0.547. The summed E-state index contributed by atoms with van der Waals surface area (Å²) < 4.78 is 11.0. The summed E-state index contributed by atoms with van der Waals surface area (Å²) in [7, 11) is 0. The predicted molar refractivity (Wildman–Crippen MR) is 110 cm³/mol. The van der Waals surface area contributed by atoms with E-state index in [0.717, 1.165) is 19.6 Å². The number of nitrogens with zero attached hydrogens (tertiary/aromatic N) is 1. The second-order valence-corrected chi connectivity index (χ2v) is 8.56. The highest BCUT2D eigenvalue weighted by Gasteiger charge is 2.21. The fourth-order valence-corrected chi connectivity index (χ4v) is 3.02. The third kappa shape index (κ3) is 7.86. The molecule has 1 aliphatic heterocycles. The van der Waals surface area contributed by atoms with Crippen LogP contribution in [-0.2, 0) is 9.47 Å². The van der Waals surface area contributed by atoms with Crippen molar-refractivity contribution >= 4 is 17.7 Å². The zero-order chi connectivity index (χ0) is 20.7. The lowest BCUT2D eigenvalue weighted by molar-refractivity contribution is -0.0295. The van der Waals surface area contributed by atoms with Gasteiger partial charge in [-0.25, -0.2) is 4.79 Å². The van der Waals surface area contributed by atoms with Gasteiger partial charge in [0.1, 0.15) is 5.60 Å². The first-order chi connectivity index (χ1) is 13.1. The predicted octanol–water partition coefficient (Wildman–Crippen LogP) is 3.12. The normalized spacial score (nSPS) is 18.0. The Morgan fingerprint density at radius 3 is 2.54 bits per heavy atom. The largest absolute Gasteiger partial charge is 0.444 e. The number of hydrogen-bond acceptors (Lipinski definition) is 5. The Bertz CT molecular complexity index is 653. The van der Waals surface area contributed by atoms with Crippen molar-refractivity contribution in [3.8, 4) is 0 Å². The van der Waals surface area contributed by atoms with Crippen molar-refractivity contribution in [2.75, 3.05) is 38.1 Å². The fraction of sp³-hybridized carbons (Fsp3) is 0.619. The first kappa shape index (κ1) is 22.2. The second kappa shape index (κ2) is 9.89. The van der Waals surface area contributed by atoms with Gasteiger partial charge in [0.25, 0.3) is 5.91 Å². The summed E-state index contributed by atoms with van der Waals surface area (Å²) in [6, 6.07) is 6.71. The molecular formula is C21H33N3O4. The van der Waals surface area contributed by atoms with Crippen molar-refractivity contribution in [2.24, 2.45) is 5.92 Å². The highest BCUT2D eigenvalue weighted by Crippen LogP contribution is 2.13. The van der Waals surface area contributed by atoms with E-state index in [-0.39, 0.29) is 12.0 Å². The minimum atomic E-state index is -0.560. The molecule has 1 aromatic rings. The van der Waals surface area contributed by atoms with E-state index in [0.29, 0.717) is 30.3 Å². The lowest BCUT2D eigenvalue weighted by Gasteiger charge is -2.33. The summed E-state index contributed by atoms with van der Waals surface area (Å²) in [6.45, 7) is 13.8. The van der Waals surface area contributed by atoms with E-state index in [1.807, 2.05) is 0 Å². The van der Waals surface area contributed by atoms with Gasteiger partial charge < -0.3 is 14.8 Å². The van der Waals surface area contributed by atoms with Crippen molar-refractivity contribution in [1.29, 1.82) is 0 Å². The molecule has 0 spiro atoms. The molecular weight excluding hydrogens is 358 g/mol. The van der Waals surface area contributed by atoms with E-state index in [1.165, 1.54) is 0 Å². The van der Waals surface area contributed by atoms with Crippen molar-refractivity contribution in [1.82, 2.24) is 10.2 Å². The third-order valence-electron chi connectivity index (χ3n) is 4.13. The van der Waals surface area contributed by atoms with Gasteiger partial charge in [0.2, 0.25) is 0 Å². The Labute approximate surface area is 167 Å². The van der Waals surface area contributed by atoms with Crippen LogP contribution in [0.5, 0.6) is 0 Å². The molecule has 0 aromatic heterocycles. The molecule has 1 heterocycles. The summed E-state index contributed by atoms with van der Waals surface area (Å²) in [5.74, 6) is 0.453. The number of anilines is 1. The summed E-state index contributed by atoms with van der Waals surface area (Å²) in [4.78, 5) is 26.5. The van der Waals surface area contributed by atoms with Gasteiger partial charge >= 0.3 is 6.09 Å². The first-order valence-electron chi connectivity index (χ1n) is 9.84. The third-order valence-corrected chi connectivity index (χ3v) is 4.13. The molecule has 156 valence electrons. The average Bonchev–Trinajstić information content (AvgIpc) is 2.58. The number of morpholine rings is 1. The molecule has 2 rings (SSSR count). The second-order valence-electron chi connectivity index (χ2n) is 8.56. The number of carbonyl (C=O) groups is 2. The SMILES string of the molecule is CC(C)CN1CCO[C@@H](CNC(=O)c2ccc(NC(=O)OC(C)(C)C)cc2)C1. The van der Waals surface area contributed by atoms with Crippen LogP contribution >= 0.6 is 0 Å². The minimum absolute atomic E-state index is 0.00422. The van der Waals surface area contributed by atoms with Crippen LogP contribution in [0, 0.1) is 5.92 Å². The highest BCUT2D eigenvalue weighted by atomic mass is 16.6. The lowest BCUT2D eigenvalue weighted by atomic mass is 10.1. The van der Waals surface area contributed by atoms with Gasteiger partial charge in [-0.05, 0) is 51.0 Å². The number of rotatable bonds is 6. The molecule has 0 radical (unpaired) electrons. The van der Waals surface area contributed by atoms with E-state index in [2.05, 4.69) is 29.4 Å². The van der Waals surface area contributed by atoms with Gasteiger partial charge in [-0.2, -0.15) is 0 Å². The number of carbonyl (C=O) groups excluding carboxylic acids is 2. The van der Waals surface area contributed by atoms with Gasteiger partial charge in [-0.1, -0.05) is 13.8 Å². The molecule has 1 fully saturated rings. The van der Waals surface area contributed by atoms with Crippen molar-refractivity contribution < 1.29 is 19.1 Å². The molecule has 1 aliphatic rings. The molecule has 1 saturated heterocycles. The van der Waals surface area contributed by atoms with Crippen LogP contribution in [0.15, 0.2) is 24.3 Å². The number of hydrogen-bond donors (Lipinski definition) is 2. The van der Waals surface area contributed by atoms with Gasteiger partial charge in [0.15, 0.2) is 0 Å². The van der Waals surface area contributed by atoms with Crippen molar-refractivity contribution in [3.05, 3.63) is 29.8 Å². The van der Waals surface area contributed by atoms with Gasteiger partial charge in [-0.15, -0.1) is 0 Å². The van der Waals surface area contributed by atoms with Crippen LogP contribution in [0.3, 0.4) is 0 Å². The summed E-state index contributed by atoms with van der Waals surface area (Å²) >= 11 is 0. The molecule has 1 aromatic carbocycles. The minimum Gasteiger partial charge on any atom is -0.444 e. The molecule has 0 aliphatic carbocycles. The maximum absolute atomic E-state index is 12.4. The molecule has 1 atom stereocenters. The number of nitrogens with one attached hydrogen (secondary N) is 2. The van der Waals surface area contributed by atoms with E-state index in [1.54, 1.807) is 45.0 Å². The standard InChI is InChI=1S/C21H33N3O4/c1-15(2)13-24-10-11-27-18(14-24)12-22-19(25)16-6-8-17(9-7-16)23-20(26)28-21(3,4)5/h6-9,15,18H,10-14H2,1-5H3,(H,22,25)(H,23,26)/t18-/m0/s1. The Balaban J connectivity index is 1.80. The maximum atomic E-state index is 12.4. The van der Waals surface area contributed by atoms with Gasteiger partial charge in [-0.3, -0.25) is 15.0 Å². The van der Waals surface area contributed by atoms with Crippen LogP contribution in [0.25, 0.3) is 0 Å². The maximum Gasteiger partial charge on any atom is 0.412 e. The first-order valence-corrected chi connectivity index (χ1v) is 9.84. The molecule has 7 heteroatoms. The van der Waals surface area contributed by atoms with Crippen LogP contribution < -0.4 is 10.6 Å². The lowest BCUT2D eigenvalue weighted by Crippen LogP contribution is -2.48. The number of amides is 2. The topological polar surface area (TPSA) is 79.9 Å². The monoisotopic (exact) mass is 391 g/mol. The Hall–Kier alpha value is -2.12. The van der Waals surface area contributed by atoms with Crippen molar-refractivity contribution in [2.45, 2.75) is 46.3 Å². The zero-order valence-corrected chi connectivity index (χ0v) is 17.6. The molecule has 2 N–H and O–H groups in total. The van der Waals surface area contributed by atoms with Crippen LogP contribution in [0.4, 0.5) is 10.5 Å². The smallest absolute Gasteiger partial charge is 0.412 e. The molecule has 0 bridgehead atoms. The Morgan fingerprint density at radius 2 is 1.93 bits per heavy atom. The van der Waals surface area contributed by atoms with Gasteiger partial charge in [0, 0.05) is 37.4 Å². The van der Waals surface area contributed by atoms with Crippen LogP contribution in [0.2, 0.25) is 0 Å². The van der Waals surface area contributed by atoms with Crippen LogP contribution in [0.1, 0.15) is 45.0 Å². The Morgan fingerprint density at radius 1 is 1.25 bits per heavy atom. The fourth-order valence-electron chi connectivity index (χ4n) is 3.02. The van der Waals surface area contributed by atoms with E-state index >= 15 is 0 Å². The van der Waals surface area contributed by atoms with Gasteiger partial charge in [0.05, 0.1) is 12.7 Å². The van der Waals surface area contributed by atoms with E-state index in [9.17, 15) is 9.59 Å². The molecule has 0 saturated carbocycles. The molecule has 7 nitrogen and oxygen atoms in total.